The standard InChI is InChI=1S/C31H29NO2Si/c1-8-9-10-11-12-13-14-15-16-17-18-19-20-21-22-23-25-32(30(33)31(2,3)4)26-28-34-27-24-29-35(5,6)7/h1H,24,26-29H2,2-7H3. The summed E-state index contributed by atoms with van der Waals surface area (Å²) >= 11 is 0. The van der Waals surface area contributed by atoms with E-state index in [0.717, 1.165) is 6.42 Å². The monoisotopic (exact) mass is 475 g/mol. The van der Waals surface area contributed by atoms with Gasteiger partial charge in [-0.3, -0.25) is 9.69 Å². The summed E-state index contributed by atoms with van der Waals surface area (Å²) in [6.45, 7) is 14.1. The van der Waals surface area contributed by atoms with E-state index in [1.54, 1.807) is 0 Å². The van der Waals surface area contributed by atoms with E-state index in [-0.39, 0.29) is 5.91 Å². The van der Waals surface area contributed by atoms with Crippen molar-refractivity contribution in [3.63, 3.8) is 0 Å². The lowest BCUT2D eigenvalue weighted by molar-refractivity contribution is -0.136. The number of terminal acetylenes is 1. The molecule has 3 nitrogen and oxygen atoms in total. The minimum atomic E-state index is -1.06. The average molecular weight is 476 g/mol. The van der Waals surface area contributed by atoms with Gasteiger partial charge in [-0.25, -0.2) is 0 Å². The Morgan fingerprint density at radius 2 is 1.17 bits per heavy atom. The van der Waals surface area contributed by atoms with Crippen molar-refractivity contribution in [1.29, 1.82) is 0 Å². The van der Waals surface area contributed by atoms with Crippen LogP contribution in [0.15, 0.2) is 0 Å². The predicted molar refractivity (Wildman–Crippen MR) is 146 cm³/mol. The molecule has 0 aliphatic rings. The van der Waals surface area contributed by atoms with Crippen molar-refractivity contribution in [2.75, 3.05) is 19.8 Å². The third-order valence-electron chi connectivity index (χ3n) is 3.70. The quantitative estimate of drug-likeness (QED) is 0.245. The van der Waals surface area contributed by atoms with E-state index in [4.69, 9.17) is 11.2 Å². The highest BCUT2D eigenvalue weighted by molar-refractivity contribution is 6.76. The Kier molecular flexibility index (Phi) is 15.9. The van der Waals surface area contributed by atoms with Crippen LogP contribution in [-0.4, -0.2) is 38.6 Å². The Hall–Kier alpha value is -4.31. The van der Waals surface area contributed by atoms with E-state index in [0.29, 0.717) is 19.8 Å². The van der Waals surface area contributed by atoms with Crippen molar-refractivity contribution in [3.05, 3.63) is 0 Å². The normalized spacial score (nSPS) is 8.37. The van der Waals surface area contributed by atoms with E-state index >= 15 is 0 Å². The third-order valence-corrected chi connectivity index (χ3v) is 5.55. The summed E-state index contributed by atoms with van der Waals surface area (Å²) in [6.07, 6.45) is 5.99. The molecule has 174 valence electrons. The molecule has 1 amide bonds. The van der Waals surface area contributed by atoms with Gasteiger partial charge < -0.3 is 4.74 Å². The fraction of sp³-hybridized carbons (Fsp3) is 0.387. The van der Waals surface area contributed by atoms with Gasteiger partial charge in [-0.2, -0.15) is 0 Å². The molecule has 0 saturated heterocycles. The number of nitrogens with zero attached hydrogens (tertiary/aromatic N) is 1. The molecular weight excluding hydrogens is 446 g/mol. The molecule has 0 bridgehead atoms. The van der Waals surface area contributed by atoms with Gasteiger partial charge in [0.25, 0.3) is 0 Å². The van der Waals surface area contributed by atoms with Crippen LogP contribution >= 0.6 is 0 Å². The first kappa shape index (κ1) is 30.7. The lowest BCUT2D eigenvalue weighted by Gasteiger charge is -2.24. The van der Waals surface area contributed by atoms with Crippen LogP contribution in [0.4, 0.5) is 0 Å². The number of carbonyl (C=O) groups is 1. The number of hydrogen-bond donors (Lipinski definition) is 0. The van der Waals surface area contributed by atoms with Crippen LogP contribution in [0.2, 0.25) is 25.7 Å². The molecule has 0 atom stereocenters. The maximum absolute atomic E-state index is 12.6. The molecule has 0 unspecified atom stereocenters. The SMILES string of the molecule is C#CC#CC#CC#CC#CC#CC#CC#CC#CN(CCOCCC[Si](C)(C)C)C(=O)C(C)(C)C. The van der Waals surface area contributed by atoms with Crippen molar-refractivity contribution in [1.82, 2.24) is 4.90 Å². The fourth-order valence-electron chi connectivity index (χ4n) is 2.11. The van der Waals surface area contributed by atoms with Crippen molar-refractivity contribution in [2.45, 2.75) is 52.9 Å². The number of ether oxygens (including phenoxy) is 1. The molecular formula is C31H29NO2Si. The number of amides is 1. The zero-order valence-electron chi connectivity index (χ0n) is 21.4. The summed E-state index contributed by atoms with van der Waals surface area (Å²) in [5.41, 5.74) is -0.552. The molecule has 0 spiro atoms. The Bertz CT molecular complexity index is 1290. The number of hydrogen-bond acceptors (Lipinski definition) is 2. The summed E-state index contributed by atoms with van der Waals surface area (Å²) < 4.78 is 5.70. The van der Waals surface area contributed by atoms with E-state index in [2.05, 4.69) is 120 Å². The van der Waals surface area contributed by atoms with Crippen molar-refractivity contribution < 1.29 is 9.53 Å². The Balaban J connectivity index is 4.84. The first-order chi connectivity index (χ1) is 16.6. The Morgan fingerprint density at radius 3 is 1.57 bits per heavy atom. The second kappa shape index (κ2) is 18.2. The molecule has 0 aliphatic heterocycles. The molecule has 0 fully saturated rings. The van der Waals surface area contributed by atoms with E-state index in [1.807, 2.05) is 20.8 Å². The van der Waals surface area contributed by atoms with Gasteiger partial charge in [0, 0.05) is 73.5 Å². The molecule has 0 aliphatic carbocycles. The van der Waals surface area contributed by atoms with E-state index in [1.165, 1.54) is 10.9 Å². The van der Waals surface area contributed by atoms with Crippen LogP contribution in [0.25, 0.3) is 0 Å². The smallest absolute Gasteiger partial charge is 0.239 e. The molecule has 0 aromatic rings. The largest absolute Gasteiger partial charge is 0.380 e. The van der Waals surface area contributed by atoms with Gasteiger partial charge in [0.1, 0.15) is 0 Å². The number of carbonyl (C=O) groups excluding carboxylic acids is 1. The molecule has 35 heavy (non-hydrogen) atoms. The van der Waals surface area contributed by atoms with Crippen molar-refractivity contribution >= 4 is 14.0 Å². The van der Waals surface area contributed by atoms with Gasteiger partial charge in [-0.1, -0.05) is 46.5 Å². The Morgan fingerprint density at radius 1 is 0.743 bits per heavy atom. The van der Waals surface area contributed by atoms with Crippen LogP contribution in [0.3, 0.4) is 0 Å². The summed E-state index contributed by atoms with van der Waals surface area (Å²) in [6, 6.07) is 4.03. The van der Waals surface area contributed by atoms with Gasteiger partial charge in [-0.15, -0.1) is 6.42 Å². The van der Waals surface area contributed by atoms with E-state index < -0.39 is 13.5 Å². The molecule has 0 rings (SSSR count). The minimum absolute atomic E-state index is 0.0809. The van der Waals surface area contributed by atoms with Gasteiger partial charge >= 0.3 is 0 Å². The Labute approximate surface area is 213 Å². The van der Waals surface area contributed by atoms with E-state index in [9.17, 15) is 4.79 Å². The average Bonchev–Trinajstić information content (AvgIpc) is 2.77. The zero-order valence-corrected chi connectivity index (χ0v) is 22.4. The highest BCUT2D eigenvalue weighted by atomic mass is 28.3. The molecule has 0 saturated carbocycles. The maximum Gasteiger partial charge on any atom is 0.239 e. The molecule has 4 heteroatoms. The molecule has 0 radical (unpaired) electrons. The van der Waals surface area contributed by atoms with Crippen LogP contribution in [0.5, 0.6) is 0 Å². The topological polar surface area (TPSA) is 29.5 Å². The molecule has 0 N–H and O–H groups in total. The van der Waals surface area contributed by atoms with Gasteiger partial charge in [-0.05, 0) is 53.8 Å². The fourth-order valence-corrected chi connectivity index (χ4v) is 3.32. The first-order valence-corrected chi connectivity index (χ1v) is 14.6. The molecule has 0 heterocycles. The zero-order chi connectivity index (χ0) is 26.4. The summed E-state index contributed by atoms with van der Waals surface area (Å²) in [7, 11) is -1.06. The lowest BCUT2D eigenvalue weighted by atomic mass is 9.95. The minimum Gasteiger partial charge on any atom is -0.380 e. The maximum atomic E-state index is 12.6. The lowest BCUT2D eigenvalue weighted by Crippen LogP contribution is -2.38. The molecule has 0 aromatic heterocycles. The first-order valence-electron chi connectivity index (χ1n) is 10.9. The van der Waals surface area contributed by atoms with Crippen LogP contribution in [0, 0.1) is 113 Å². The van der Waals surface area contributed by atoms with Crippen molar-refractivity contribution in [2.24, 2.45) is 5.41 Å². The highest BCUT2D eigenvalue weighted by Crippen LogP contribution is 2.17. The predicted octanol–water partition coefficient (Wildman–Crippen LogP) is 3.22. The van der Waals surface area contributed by atoms with Crippen LogP contribution in [0.1, 0.15) is 27.2 Å². The number of rotatable bonds is 7. The summed E-state index contributed by atoms with van der Waals surface area (Å²) in [5, 5.41) is 0. The van der Waals surface area contributed by atoms with Crippen molar-refractivity contribution in [3.8, 4) is 107 Å². The third kappa shape index (κ3) is 20.1. The van der Waals surface area contributed by atoms with Gasteiger partial charge in [0.15, 0.2) is 0 Å². The second-order valence-electron chi connectivity index (χ2n) is 9.11. The highest BCUT2D eigenvalue weighted by Gasteiger charge is 2.26. The van der Waals surface area contributed by atoms with Crippen LogP contribution in [-0.2, 0) is 9.53 Å². The second-order valence-corrected chi connectivity index (χ2v) is 14.7. The molecule has 0 aromatic carbocycles. The summed E-state index contributed by atoms with van der Waals surface area (Å²) in [4.78, 5) is 14.1. The summed E-state index contributed by atoms with van der Waals surface area (Å²) in [5.74, 6) is 39.8. The van der Waals surface area contributed by atoms with Gasteiger partial charge in [0.05, 0.1) is 13.2 Å². The van der Waals surface area contributed by atoms with Crippen LogP contribution < -0.4 is 0 Å². The van der Waals surface area contributed by atoms with Gasteiger partial charge in [0.2, 0.25) is 5.91 Å².